The Hall–Kier alpha value is -6.10. The smallest absolute Gasteiger partial charge is 0.164 e. The van der Waals surface area contributed by atoms with Crippen LogP contribution in [-0.4, -0.2) is 15.0 Å². The zero-order valence-corrected chi connectivity index (χ0v) is 29.3. The van der Waals surface area contributed by atoms with Crippen molar-refractivity contribution >= 4 is 17.3 Å². The molecule has 10 rings (SSSR count). The van der Waals surface area contributed by atoms with Gasteiger partial charge in [-0.05, 0) is 75.5 Å². The molecule has 2 aliphatic carbocycles. The Morgan fingerprint density at radius 1 is 0.500 bits per heavy atom. The zero-order valence-electron chi connectivity index (χ0n) is 28.5. The van der Waals surface area contributed by atoms with Crippen LogP contribution >= 0.6 is 11.8 Å². The molecule has 7 aromatic rings. The van der Waals surface area contributed by atoms with E-state index in [2.05, 4.69) is 152 Å². The van der Waals surface area contributed by atoms with E-state index < -0.39 is 0 Å². The Kier molecular flexibility index (Phi) is 7.26. The fourth-order valence-corrected chi connectivity index (χ4v) is 9.45. The number of fused-ring (bicyclic) bond motifs is 9. The van der Waals surface area contributed by atoms with Crippen LogP contribution < -0.4 is 0 Å². The summed E-state index contributed by atoms with van der Waals surface area (Å²) in [5.74, 6) is 2.01. The summed E-state index contributed by atoms with van der Waals surface area (Å²) >= 11 is 1.87. The number of hydrogen-bond donors (Lipinski definition) is 0. The van der Waals surface area contributed by atoms with Crippen molar-refractivity contribution in [2.45, 2.75) is 28.0 Å². The Morgan fingerprint density at radius 2 is 1.10 bits per heavy atom. The van der Waals surface area contributed by atoms with Gasteiger partial charge in [0, 0.05) is 26.5 Å². The molecule has 3 aliphatic rings. The van der Waals surface area contributed by atoms with Crippen LogP contribution in [-0.2, 0) is 5.41 Å². The molecule has 2 heterocycles. The monoisotopic (exact) mass is 683 g/mol. The van der Waals surface area contributed by atoms with Crippen molar-refractivity contribution in [3.8, 4) is 45.0 Å². The van der Waals surface area contributed by atoms with E-state index in [1.54, 1.807) is 0 Å². The molecular weight excluding hydrogens is 651 g/mol. The average molecular weight is 684 g/mol. The van der Waals surface area contributed by atoms with Gasteiger partial charge in [0.2, 0.25) is 0 Å². The summed E-state index contributed by atoms with van der Waals surface area (Å²) in [6.45, 7) is 4.28. The molecule has 0 saturated heterocycles. The van der Waals surface area contributed by atoms with E-state index in [1.165, 1.54) is 43.2 Å². The summed E-state index contributed by atoms with van der Waals surface area (Å²) in [5.41, 5.74) is 14.0. The van der Waals surface area contributed by atoms with E-state index in [-0.39, 0.29) is 5.41 Å². The van der Waals surface area contributed by atoms with Gasteiger partial charge in [-0.3, -0.25) is 0 Å². The molecular formula is C48H33N3S. The van der Waals surface area contributed by atoms with Crippen molar-refractivity contribution in [1.29, 1.82) is 0 Å². The third-order valence-corrected chi connectivity index (χ3v) is 11.7. The van der Waals surface area contributed by atoms with Crippen LogP contribution in [0.15, 0.2) is 186 Å². The summed E-state index contributed by atoms with van der Waals surface area (Å²) in [5, 5.41) is 0. The van der Waals surface area contributed by atoms with Crippen LogP contribution in [0.25, 0.3) is 50.6 Å². The molecule has 0 amide bonds. The highest BCUT2D eigenvalue weighted by molar-refractivity contribution is 7.99. The highest BCUT2D eigenvalue weighted by atomic mass is 32.2. The molecule has 1 spiro atoms. The number of benzene rings is 6. The summed E-state index contributed by atoms with van der Waals surface area (Å²) < 4.78 is 0. The van der Waals surface area contributed by atoms with E-state index in [0.29, 0.717) is 17.5 Å². The lowest BCUT2D eigenvalue weighted by Gasteiger charge is -2.39. The van der Waals surface area contributed by atoms with Gasteiger partial charge in [-0.15, -0.1) is 0 Å². The van der Waals surface area contributed by atoms with E-state index >= 15 is 0 Å². The van der Waals surface area contributed by atoms with Gasteiger partial charge in [-0.1, -0.05) is 170 Å². The van der Waals surface area contributed by atoms with E-state index in [9.17, 15) is 0 Å². The molecule has 1 aromatic heterocycles. The lowest BCUT2D eigenvalue weighted by molar-refractivity contribution is 0.722. The van der Waals surface area contributed by atoms with Gasteiger partial charge in [0.15, 0.2) is 17.5 Å². The third kappa shape index (κ3) is 4.86. The Bertz CT molecular complexity index is 2590. The minimum absolute atomic E-state index is 0.382. The fraction of sp³-hybridized carbons (Fsp3) is 0.0625. The molecule has 0 saturated carbocycles. The molecule has 0 bridgehead atoms. The second-order valence-corrected chi connectivity index (χ2v) is 14.7. The molecule has 0 fully saturated rings. The largest absolute Gasteiger partial charge is 0.209 e. The minimum Gasteiger partial charge on any atom is -0.209 e. The number of nitrogens with zero attached hydrogens (tertiary/aromatic N) is 3. The molecule has 4 heteroatoms. The first-order valence-electron chi connectivity index (χ1n) is 17.7. The van der Waals surface area contributed by atoms with E-state index in [0.717, 1.165) is 46.2 Å². The quantitative estimate of drug-likeness (QED) is 0.173. The van der Waals surface area contributed by atoms with E-state index in [1.807, 2.05) is 30.0 Å². The van der Waals surface area contributed by atoms with Crippen molar-refractivity contribution in [2.75, 3.05) is 0 Å². The molecule has 0 atom stereocenters. The maximum Gasteiger partial charge on any atom is 0.164 e. The van der Waals surface area contributed by atoms with Crippen LogP contribution in [0.1, 0.15) is 40.9 Å². The van der Waals surface area contributed by atoms with Crippen LogP contribution in [0.2, 0.25) is 0 Å². The Labute approximate surface area is 308 Å². The molecule has 0 radical (unpaired) electrons. The molecule has 52 heavy (non-hydrogen) atoms. The number of hydrogen-bond acceptors (Lipinski definition) is 4. The van der Waals surface area contributed by atoms with Crippen molar-refractivity contribution < 1.29 is 0 Å². The molecule has 6 aromatic carbocycles. The van der Waals surface area contributed by atoms with Crippen molar-refractivity contribution in [2.24, 2.45) is 0 Å². The predicted molar refractivity (Wildman–Crippen MR) is 213 cm³/mol. The topological polar surface area (TPSA) is 38.7 Å². The molecule has 1 aliphatic heterocycles. The summed E-state index contributed by atoms with van der Waals surface area (Å²) in [6, 6.07) is 52.7. The van der Waals surface area contributed by atoms with Gasteiger partial charge < -0.3 is 0 Å². The maximum atomic E-state index is 5.08. The van der Waals surface area contributed by atoms with Gasteiger partial charge in [-0.2, -0.15) is 0 Å². The molecule has 0 unspecified atom stereocenters. The highest BCUT2D eigenvalue weighted by Gasteiger charge is 2.50. The number of allylic oxidation sites excluding steroid dienone is 5. The lowest BCUT2D eigenvalue weighted by atomic mass is 9.67. The molecule has 0 N–H and O–H groups in total. The predicted octanol–water partition coefficient (Wildman–Crippen LogP) is 12.0. The van der Waals surface area contributed by atoms with Crippen LogP contribution in [0, 0.1) is 0 Å². The van der Waals surface area contributed by atoms with Gasteiger partial charge in [0.1, 0.15) is 0 Å². The number of aromatic nitrogens is 3. The Morgan fingerprint density at radius 3 is 1.88 bits per heavy atom. The lowest BCUT2D eigenvalue weighted by Crippen LogP contribution is -2.31. The Balaban J connectivity index is 1.11. The standard InChI is InChI=1S/C48H33N3S/c1-31-14-5-6-17-35(28-31)46-49-45(32-15-3-2-4-16-32)50-47(51-46)36-19-13-18-33(29-36)34-26-27-42-44(30-34)52-43-25-12-11-24-41(43)48(42)39-22-9-7-20-37(39)38-21-8-10-23-40(38)48/h2-13,15-27,29-30H,1,14,28H2. The van der Waals surface area contributed by atoms with Crippen LogP contribution in [0.3, 0.4) is 0 Å². The first-order chi connectivity index (χ1) is 25.7. The van der Waals surface area contributed by atoms with Crippen molar-refractivity contribution in [1.82, 2.24) is 15.0 Å². The summed E-state index contributed by atoms with van der Waals surface area (Å²) in [7, 11) is 0. The SMILES string of the molecule is C=C1CC=CC=C(c2nc(-c3ccccc3)nc(-c3cccc(-c4ccc5c(c4)Sc4ccccc4C54c5ccccc5-c5ccccc54)c3)n2)C1. The highest BCUT2D eigenvalue weighted by Crippen LogP contribution is 2.62. The molecule has 246 valence electrons. The van der Waals surface area contributed by atoms with E-state index in [4.69, 9.17) is 15.0 Å². The van der Waals surface area contributed by atoms with Crippen LogP contribution in [0.4, 0.5) is 0 Å². The van der Waals surface area contributed by atoms with Crippen LogP contribution in [0.5, 0.6) is 0 Å². The average Bonchev–Trinajstić information content (AvgIpc) is 3.31. The van der Waals surface area contributed by atoms with Crippen molar-refractivity contribution in [3.05, 3.63) is 204 Å². The van der Waals surface area contributed by atoms with Gasteiger partial charge in [0.25, 0.3) is 0 Å². The summed E-state index contributed by atoms with van der Waals surface area (Å²) in [6.07, 6.45) is 7.92. The first kappa shape index (κ1) is 30.7. The van der Waals surface area contributed by atoms with Crippen molar-refractivity contribution in [3.63, 3.8) is 0 Å². The van der Waals surface area contributed by atoms with Gasteiger partial charge >= 0.3 is 0 Å². The second kappa shape index (κ2) is 12.3. The summed E-state index contributed by atoms with van der Waals surface area (Å²) in [4.78, 5) is 17.7. The third-order valence-electron chi connectivity index (χ3n) is 10.5. The first-order valence-corrected chi connectivity index (χ1v) is 18.5. The minimum atomic E-state index is -0.382. The fourth-order valence-electron chi connectivity index (χ4n) is 8.22. The zero-order chi connectivity index (χ0) is 34.6. The normalized spacial score (nSPS) is 14.9. The second-order valence-electron chi connectivity index (χ2n) is 13.7. The number of rotatable bonds is 4. The molecule has 3 nitrogen and oxygen atoms in total. The van der Waals surface area contributed by atoms with Gasteiger partial charge in [-0.25, -0.2) is 15.0 Å². The van der Waals surface area contributed by atoms with Gasteiger partial charge in [0.05, 0.1) is 5.41 Å². The maximum absolute atomic E-state index is 5.08.